The van der Waals surface area contributed by atoms with Crippen molar-refractivity contribution in [3.8, 4) is 5.75 Å². The van der Waals surface area contributed by atoms with E-state index in [0.29, 0.717) is 30.4 Å². The van der Waals surface area contributed by atoms with Gasteiger partial charge in [-0.05, 0) is 38.0 Å². The number of piperidine rings is 1. The molecule has 6 heteroatoms. The molecule has 0 N–H and O–H groups in total. The van der Waals surface area contributed by atoms with Gasteiger partial charge >= 0.3 is 0 Å². The van der Waals surface area contributed by atoms with E-state index in [4.69, 9.17) is 9.26 Å². The Balaban J connectivity index is 1.48. The van der Waals surface area contributed by atoms with Gasteiger partial charge in [-0.1, -0.05) is 41.6 Å². The summed E-state index contributed by atoms with van der Waals surface area (Å²) in [6.45, 7) is 3.48. The van der Waals surface area contributed by atoms with Crippen LogP contribution in [0.25, 0.3) is 0 Å². The van der Waals surface area contributed by atoms with Crippen molar-refractivity contribution in [3.05, 3.63) is 77.4 Å². The number of hydrogen-bond acceptors (Lipinski definition) is 5. The molecule has 1 aliphatic rings. The minimum atomic E-state index is 0.0215. The Kier molecular flexibility index (Phi) is 5.37. The minimum Gasteiger partial charge on any atom is -0.489 e. The summed E-state index contributed by atoms with van der Waals surface area (Å²) < 4.78 is 11.2. The van der Waals surface area contributed by atoms with Crippen LogP contribution in [0.1, 0.15) is 46.4 Å². The summed E-state index contributed by atoms with van der Waals surface area (Å²) >= 11 is 0. The lowest BCUT2D eigenvalue weighted by Gasteiger charge is -2.31. The summed E-state index contributed by atoms with van der Waals surface area (Å²) in [4.78, 5) is 19.4. The number of amides is 1. The normalized spacial score (nSPS) is 16.8. The predicted octanol–water partition coefficient (Wildman–Crippen LogP) is 3.98. The van der Waals surface area contributed by atoms with Crippen LogP contribution in [-0.4, -0.2) is 34.0 Å². The van der Waals surface area contributed by atoms with E-state index in [1.807, 2.05) is 66.4 Å². The molecule has 1 fully saturated rings. The van der Waals surface area contributed by atoms with Crippen LogP contribution in [0.3, 0.4) is 0 Å². The molecule has 0 spiro atoms. The van der Waals surface area contributed by atoms with Crippen molar-refractivity contribution in [1.29, 1.82) is 0 Å². The highest BCUT2D eigenvalue weighted by atomic mass is 16.5. The molecule has 3 aromatic rings. The van der Waals surface area contributed by atoms with E-state index in [1.165, 1.54) is 0 Å². The van der Waals surface area contributed by atoms with Crippen LogP contribution in [-0.2, 0) is 6.61 Å². The molecule has 28 heavy (non-hydrogen) atoms. The highest BCUT2D eigenvalue weighted by Gasteiger charge is 2.29. The van der Waals surface area contributed by atoms with Gasteiger partial charge in [0.25, 0.3) is 5.91 Å². The molecular formula is C22H23N3O3. The van der Waals surface area contributed by atoms with Crippen molar-refractivity contribution in [3.63, 3.8) is 0 Å². The standard InChI is InChI=1S/C22H23N3O3/c1-16-23-21(28-24-16)17-9-7-13-25(14-17)22(26)20-12-6-5-8-18(20)15-27-19-10-3-2-4-11-19/h2-6,8,10-12,17H,7,9,13-15H2,1H3. The van der Waals surface area contributed by atoms with Crippen LogP contribution >= 0.6 is 0 Å². The molecular weight excluding hydrogens is 354 g/mol. The molecule has 1 amide bonds. The Hall–Kier alpha value is -3.15. The average Bonchev–Trinajstić information content (AvgIpc) is 3.19. The van der Waals surface area contributed by atoms with Gasteiger partial charge < -0.3 is 14.2 Å². The van der Waals surface area contributed by atoms with Gasteiger partial charge in [0.1, 0.15) is 12.4 Å². The van der Waals surface area contributed by atoms with Crippen LogP contribution in [0.5, 0.6) is 5.75 Å². The molecule has 2 aromatic carbocycles. The Labute approximate surface area is 164 Å². The summed E-state index contributed by atoms with van der Waals surface area (Å²) in [6, 6.07) is 17.3. The number of carbonyl (C=O) groups is 1. The fourth-order valence-corrected chi connectivity index (χ4v) is 3.55. The zero-order chi connectivity index (χ0) is 19.3. The first-order chi connectivity index (χ1) is 13.7. The van der Waals surface area contributed by atoms with Crippen LogP contribution in [0, 0.1) is 6.92 Å². The monoisotopic (exact) mass is 377 g/mol. The number of aromatic nitrogens is 2. The van der Waals surface area contributed by atoms with Crippen molar-refractivity contribution in [2.75, 3.05) is 13.1 Å². The average molecular weight is 377 g/mol. The maximum atomic E-state index is 13.2. The molecule has 0 bridgehead atoms. The van der Waals surface area contributed by atoms with Crippen molar-refractivity contribution < 1.29 is 14.1 Å². The van der Waals surface area contributed by atoms with Gasteiger partial charge in [-0.3, -0.25) is 4.79 Å². The van der Waals surface area contributed by atoms with Gasteiger partial charge in [0.15, 0.2) is 5.82 Å². The third kappa shape index (κ3) is 4.06. The van der Waals surface area contributed by atoms with Gasteiger partial charge in [-0.15, -0.1) is 0 Å². The Morgan fingerprint density at radius 1 is 1.18 bits per heavy atom. The van der Waals surface area contributed by atoms with Crippen molar-refractivity contribution in [1.82, 2.24) is 15.0 Å². The van der Waals surface area contributed by atoms with Crippen molar-refractivity contribution >= 4 is 5.91 Å². The van der Waals surface area contributed by atoms with E-state index in [-0.39, 0.29) is 11.8 Å². The van der Waals surface area contributed by atoms with Crippen LogP contribution in [0.15, 0.2) is 59.1 Å². The first-order valence-electron chi connectivity index (χ1n) is 9.56. The van der Waals surface area contributed by atoms with E-state index in [0.717, 1.165) is 30.7 Å². The van der Waals surface area contributed by atoms with E-state index in [2.05, 4.69) is 10.1 Å². The van der Waals surface area contributed by atoms with Gasteiger partial charge in [0.05, 0.1) is 5.92 Å². The van der Waals surface area contributed by atoms with Gasteiger partial charge in [0, 0.05) is 24.2 Å². The Morgan fingerprint density at radius 3 is 2.75 bits per heavy atom. The molecule has 0 saturated carbocycles. The lowest BCUT2D eigenvalue weighted by molar-refractivity contribution is 0.0693. The second-order valence-electron chi connectivity index (χ2n) is 7.03. The topological polar surface area (TPSA) is 68.5 Å². The summed E-state index contributed by atoms with van der Waals surface area (Å²) in [6.07, 6.45) is 1.87. The van der Waals surface area contributed by atoms with Crippen molar-refractivity contribution in [2.24, 2.45) is 0 Å². The van der Waals surface area contributed by atoms with Crippen LogP contribution < -0.4 is 4.74 Å². The highest BCUT2D eigenvalue weighted by Crippen LogP contribution is 2.27. The Bertz CT molecular complexity index is 939. The molecule has 1 aliphatic heterocycles. The van der Waals surface area contributed by atoms with Crippen molar-refractivity contribution in [2.45, 2.75) is 32.3 Å². The SMILES string of the molecule is Cc1noc(C2CCCN(C(=O)c3ccccc3COc3ccccc3)C2)n1. The van der Waals surface area contributed by atoms with Crippen LogP contribution in [0.4, 0.5) is 0 Å². The summed E-state index contributed by atoms with van der Waals surface area (Å²) in [7, 11) is 0. The summed E-state index contributed by atoms with van der Waals surface area (Å²) in [5, 5.41) is 3.88. The van der Waals surface area contributed by atoms with Gasteiger partial charge in [-0.25, -0.2) is 0 Å². The number of para-hydroxylation sites is 1. The molecule has 0 aliphatic carbocycles. The first kappa shape index (κ1) is 18.2. The predicted molar refractivity (Wildman–Crippen MR) is 104 cm³/mol. The molecule has 1 saturated heterocycles. The fraction of sp³-hybridized carbons (Fsp3) is 0.318. The smallest absolute Gasteiger partial charge is 0.254 e. The second kappa shape index (κ2) is 8.25. The lowest BCUT2D eigenvalue weighted by Crippen LogP contribution is -2.39. The second-order valence-corrected chi connectivity index (χ2v) is 7.03. The first-order valence-corrected chi connectivity index (χ1v) is 9.56. The van der Waals surface area contributed by atoms with E-state index in [9.17, 15) is 4.79 Å². The minimum absolute atomic E-state index is 0.0215. The van der Waals surface area contributed by atoms with Gasteiger partial charge in [-0.2, -0.15) is 4.98 Å². The number of hydrogen-bond donors (Lipinski definition) is 0. The van der Waals surface area contributed by atoms with E-state index in [1.54, 1.807) is 0 Å². The molecule has 2 heterocycles. The Morgan fingerprint density at radius 2 is 1.96 bits per heavy atom. The molecule has 6 nitrogen and oxygen atoms in total. The number of ether oxygens (including phenoxy) is 1. The van der Waals surface area contributed by atoms with Crippen LogP contribution in [0.2, 0.25) is 0 Å². The maximum absolute atomic E-state index is 13.2. The number of benzene rings is 2. The largest absolute Gasteiger partial charge is 0.489 e. The lowest BCUT2D eigenvalue weighted by atomic mass is 9.96. The molecule has 0 radical (unpaired) electrons. The summed E-state index contributed by atoms with van der Waals surface area (Å²) in [5.74, 6) is 2.15. The third-order valence-electron chi connectivity index (χ3n) is 4.99. The molecule has 4 rings (SSSR count). The summed E-state index contributed by atoms with van der Waals surface area (Å²) in [5.41, 5.74) is 1.56. The van der Waals surface area contributed by atoms with E-state index >= 15 is 0 Å². The fourth-order valence-electron chi connectivity index (χ4n) is 3.55. The number of nitrogens with zero attached hydrogens (tertiary/aromatic N) is 3. The molecule has 1 aromatic heterocycles. The molecule has 144 valence electrons. The number of carbonyl (C=O) groups excluding carboxylic acids is 1. The number of aryl methyl sites for hydroxylation is 1. The quantitative estimate of drug-likeness (QED) is 0.673. The number of likely N-dealkylation sites (tertiary alicyclic amines) is 1. The number of rotatable bonds is 5. The maximum Gasteiger partial charge on any atom is 0.254 e. The highest BCUT2D eigenvalue weighted by molar-refractivity contribution is 5.95. The third-order valence-corrected chi connectivity index (χ3v) is 4.99. The molecule has 1 unspecified atom stereocenters. The zero-order valence-corrected chi connectivity index (χ0v) is 15.9. The van der Waals surface area contributed by atoms with E-state index < -0.39 is 0 Å². The zero-order valence-electron chi connectivity index (χ0n) is 15.9. The molecule has 1 atom stereocenters. The van der Waals surface area contributed by atoms with Gasteiger partial charge in [0.2, 0.25) is 5.89 Å².